The van der Waals surface area contributed by atoms with E-state index < -0.39 is 17.8 Å². The second-order valence-corrected chi connectivity index (χ2v) is 9.11. The van der Waals surface area contributed by atoms with Crippen LogP contribution in [0.5, 0.6) is 0 Å². The molecule has 5 nitrogen and oxygen atoms in total. The van der Waals surface area contributed by atoms with Crippen LogP contribution < -0.4 is 5.32 Å². The van der Waals surface area contributed by atoms with Crippen molar-refractivity contribution < 1.29 is 14.7 Å². The lowest BCUT2D eigenvalue weighted by Gasteiger charge is -2.41. The summed E-state index contributed by atoms with van der Waals surface area (Å²) < 4.78 is 0. The predicted octanol–water partition coefficient (Wildman–Crippen LogP) is 4.59. The van der Waals surface area contributed by atoms with Gasteiger partial charge in [0.05, 0.1) is 17.5 Å². The minimum atomic E-state index is -0.884. The Morgan fingerprint density at radius 2 is 1.79 bits per heavy atom. The summed E-state index contributed by atoms with van der Waals surface area (Å²) in [6.45, 7) is 6.11. The number of benzene rings is 1. The number of carboxylic acid groups (broad SMARTS) is 1. The van der Waals surface area contributed by atoms with Gasteiger partial charge in [0.15, 0.2) is 5.13 Å². The Balaban J connectivity index is 1.59. The van der Waals surface area contributed by atoms with Gasteiger partial charge in [0.1, 0.15) is 0 Å². The summed E-state index contributed by atoms with van der Waals surface area (Å²) in [5, 5.41) is 13.1. The molecule has 3 aliphatic carbocycles. The van der Waals surface area contributed by atoms with Crippen LogP contribution in [0.25, 0.3) is 11.3 Å². The third kappa shape index (κ3) is 3.26. The molecule has 1 fully saturated rings. The number of aliphatic carboxylic acids is 1. The van der Waals surface area contributed by atoms with Gasteiger partial charge in [-0.2, -0.15) is 0 Å². The van der Waals surface area contributed by atoms with Gasteiger partial charge in [0, 0.05) is 10.4 Å². The summed E-state index contributed by atoms with van der Waals surface area (Å²) in [6.07, 6.45) is 5.71. The van der Waals surface area contributed by atoms with Crippen molar-refractivity contribution in [3.8, 4) is 11.3 Å². The molecule has 2 bridgehead atoms. The number of thiazole rings is 1. The highest BCUT2D eigenvalue weighted by Gasteiger charge is 2.48. The highest BCUT2D eigenvalue weighted by atomic mass is 32.1. The maximum atomic E-state index is 13.0. The van der Waals surface area contributed by atoms with Gasteiger partial charge in [-0.3, -0.25) is 9.59 Å². The number of anilines is 1. The lowest BCUT2D eigenvalue weighted by molar-refractivity contribution is -0.151. The van der Waals surface area contributed by atoms with Gasteiger partial charge in [-0.15, -0.1) is 11.3 Å². The molecule has 146 valence electrons. The summed E-state index contributed by atoms with van der Waals surface area (Å²) in [7, 11) is 0. The quantitative estimate of drug-likeness (QED) is 0.741. The Morgan fingerprint density at radius 1 is 1.11 bits per heavy atom. The number of hydrogen-bond acceptors (Lipinski definition) is 4. The van der Waals surface area contributed by atoms with Crippen LogP contribution in [-0.2, 0) is 9.59 Å². The minimum Gasteiger partial charge on any atom is -0.481 e. The van der Waals surface area contributed by atoms with E-state index in [1.165, 1.54) is 16.9 Å². The van der Waals surface area contributed by atoms with Crippen molar-refractivity contribution in [1.29, 1.82) is 0 Å². The van der Waals surface area contributed by atoms with Crippen molar-refractivity contribution in [1.82, 2.24) is 4.98 Å². The lowest BCUT2D eigenvalue weighted by Crippen LogP contribution is -2.47. The average Bonchev–Trinajstić information content (AvgIpc) is 3.01. The molecular weight excluding hydrogens is 372 g/mol. The number of hydrogen-bond donors (Lipinski definition) is 2. The molecule has 0 radical (unpaired) electrons. The van der Waals surface area contributed by atoms with Crippen LogP contribution in [0.1, 0.15) is 28.8 Å². The molecule has 1 aromatic carbocycles. The molecule has 5 rings (SSSR count). The molecule has 1 aromatic heterocycles. The average molecular weight is 397 g/mol. The van der Waals surface area contributed by atoms with E-state index in [4.69, 9.17) is 0 Å². The van der Waals surface area contributed by atoms with E-state index in [0.29, 0.717) is 5.13 Å². The van der Waals surface area contributed by atoms with Crippen LogP contribution in [0.15, 0.2) is 30.4 Å². The fourth-order valence-electron chi connectivity index (χ4n) is 4.66. The number of fused-ring (bicyclic) bond motifs is 2. The SMILES string of the molecule is Cc1ccc(-c2nc(NC(=O)[C@H]3[C@@H](C(=O)O)[C@H]4C=C[C@@H]3CC4)sc2C)c(C)c1. The second-order valence-electron chi connectivity index (χ2n) is 7.91. The number of rotatable bonds is 4. The highest BCUT2D eigenvalue weighted by Crippen LogP contribution is 2.45. The fraction of sp³-hybridized carbons (Fsp3) is 0.409. The number of carbonyl (C=O) groups excluding carboxylic acids is 1. The normalized spacial score (nSPS) is 25.7. The Bertz CT molecular complexity index is 978. The number of aromatic nitrogens is 1. The van der Waals surface area contributed by atoms with Gasteiger partial charge in [0.25, 0.3) is 0 Å². The number of nitrogens with zero attached hydrogens (tertiary/aromatic N) is 1. The monoisotopic (exact) mass is 396 g/mol. The van der Waals surface area contributed by atoms with E-state index in [1.54, 1.807) is 0 Å². The van der Waals surface area contributed by atoms with Crippen molar-refractivity contribution >= 4 is 28.3 Å². The Hall–Kier alpha value is -2.47. The summed E-state index contributed by atoms with van der Waals surface area (Å²) in [5.41, 5.74) is 4.27. The molecule has 3 aliphatic rings. The number of aryl methyl sites for hydroxylation is 3. The number of nitrogens with one attached hydrogen (secondary N) is 1. The third-order valence-corrected chi connectivity index (χ3v) is 6.89. The first-order chi connectivity index (χ1) is 13.3. The fourth-order valence-corrected chi connectivity index (χ4v) is 5.49. The van der Waals surface area contributed by atoms with Crippen molar-refractivity contribution in [2.75, 3.05) is 5.32 Å². The zero-order chi connectivity index (χ0) is 20.0. The number of carboxylic acids is 1. The van der Waals surface area contributed by atoms with E-state index >= 15 is 0 Å². The molecule has 6 heteroatoms. The van der Waals surface area contributed by atoms with Crippen LogP contribution in [0.4, 0.5) is 5.13 Å². The van der Waals surface area contributed by atoms with Crippen molar-refractivity contribution in [3.63, 3.8) is 0 Å². The van der Waals surface area contributed by atoms with Crippen molar-refractivity contribution in [2.24, 2.45) is 23.7 Å². The van der Waals surface area contributed by atoms with Gasteiger partial charge in [-0.1, -0.05) is 35.9 Å². The van der Waals surface area contributed by atoms with E-state index in [2.05, 4.69) is 42.3 Å². The topological polar surface area (TPSA) is 79.3 Å². The van der Waals surface area contributed by atoms with Gasteiger partial charge >= 0.3 is 5.97 Å². The predicted molar refractivity (Wildman–Crippen MR) is 110 cm³/mol. The van der Waals surface area contributed by atoms with Crippen LogP contribution in [-0.4, -0.2) is 22.0 Å². The number of allylic oxidation sites excluding steroid dienone is 2. The van der Waals surface area contributed by atoms with Crippen LogP contribution in [0.2, 0.25) is 0 Å². The molecule has 2 aromatic rings. The van der Waals surface area contributed by atoms with E-state index in [0.717, 1.165) is 34.5 Å². The van der Waals surface area contributed by atoms with Gasteiger partial charge in [0.2, 0.25) is 5.91 Å². The zero-order valence-electron chi connectivity index (χ0n) is 16.2. The zero-order valence-corrected chi connectivity index (χ0v) is 17.0. The van der Waals surface area contributed by atoms with Crippen LogP contribution >= 0.6 is 11.3 Å². The van der Waals surface area contributed by atoms with Crippen LogP contribution in [0, 0.1) is 44.4 Å². The summed E-state index contributed by atoms with van der Waals surface area (Å²) in [6, 6.07) is 6.24. The van der Waals surface area contributed by atoms with Gasteiger partial charge in [-0.25, -0.2) is 4.98 Å². The second kappa shape index (κ2) is 7.17. The summed E-state index contributed by atoms with van der Waals surface area (Å²) in [4.78, 5) is 30.5. The van der Waals surface area contributed by atoms with E-state index in [9.17, 15) is 14.7 Å². The molecule has 0 spiro atoms. The molecule has 1 heterocycles. The molecule has 4 atom stereocenters. The van der Waals surface area contributed by atoms with Crippen LogP contribution in [0.3, 0.4) is 0 Å². The highest BCUT2D eigenvalue weighted by molar-refractivity contribution is 7.16. The minimum absolute atomic E-state index is 0.00836. The summed E-state index contributed by atoms with van der Waals surface area (Å²) in [5.74, 6) is -2.36. The Kier molecular flexibility index (Phi) is 4.83. The molecule has 28 heavy (non-hydrogen) atoms. The van der Waals surface area contributed by atoms with Crippen molar-refractivity contribution in [2.45, 2.75) is 33.6 Å². The number of carbonyl (C=O) groups is 2. The molecule has 0 saturated heterocycles. The lowest BCUT2D eigenvalue weighted by atomic mass is 9.62. The Labute approximate surface area is 168 Å². The Morgan fingerprint density at radius 3 is 2.39 bits per heavy atom. The van der Waals surface area contributed by atoms with Gasteiger partial charge < -0.3 is 10.4 Å². The van der Waals surface area contributed by atoms with Gasteiger partial charge in [-0.05, 0) is 51.0 Å². The van der Waals surface area contributed by atoms with Crippen molar-refractivity contribution in [3.05, 3.63) is 46.4 Å². The first-order valence-corrected chi connectivity index (χ1v) is 10.4. The molecule has 1 saturated carbocycles. The largest absolute Gasteiger partial charge is 0.481 e. The first kappa shape index (κ1) is 18.9. The summed E-state index contributed by atoms with van der Waals surface area (Å²) >= 11 is 1.44. The van der Waals surface area contributed by atoms with E-state index in [-0.39, 0.29) is 17.7 Å². The molecule has 1 amide bonds. The smallest absolute Gasteiger partial charge is 0.307 e. The standard InChI is InChI=1S/C22H24N2O3S/c1-11-4-9-16(12(2)10-11)19-13(3)28-22(23-19)24-20(25)17-14-5-7-15(8-6-14)18(17)21(26)27/h4-5,7,9-10,14-15,17-18H,6,8H2,1-3H3,(H,26,27)(H,23,24,25)/t14-,15+,17-,18+/m1/s1. The van der Waals surface area contributed by atoms with E-state index in [1.807, 2.05) is 19.1 Å². The molecule has 0 aliphatic heterocycles. The maximum Gasteiger partial charge on any atom is 0.307 e. The molecular formula is C22H24N2O3S. The first-order valence-electron chi connectivity index (χ1n) is 9.62. The molecule has 0 unspecified atom stereocenters. The maximum absolute atomic E-state index is 13.0. The number of amides is 1. The third-order valence-electron chi connectivity index (χ3n) is 6.00. The molecule has 2 N–H and O–H groups in total.